The Morgan fingerprint density at radius 2 is 1.70 bits per heavy atom. The second-order valence-corrected chi connectivity index (χ2v) is 7.53. The molecule has 7 heteroatoms. The summed E-state index contributed by atoms with van der Waals surface area (Å²) >= 11 is 0. The summed E-state index contributed by atoms with van der Waals surface area (Å²) in [6, 6.07) is 8.10. The van der Waals surface area contributed by atoms with Crippen LogP contribution in [0.2, 0.25) is 0 Å². The highest BCUT2D eigenvalue weighted by Gasteiger charge is 2.26. The zero-order valence-corrected chi connectivity index (χ0v) is 16.9. The molecule has 1 fully saturated rings. The molecular formula is C20H32N4O3. The van der Waals surface area contributed by atoms with Gasteiger partial charge in [-0.1, -0.05) is 24.3 Å². The van der Waals surface area contributed by atoms with Gasteiger partial charge in [0.05, 0.1) is 13.2 Å². The molecule has 1 aliphatic rings. The number of guanidine groups is 1. The maximum absolute atomic E-state index is 12.1. The fraction of sp³-hybridized carbons (Fsp3) is 0.600. The molecule has 2 rings (SSSR count). The third-order valence-electron chi connectivity index (χ3n) is 4.25. The predicted molar refractivity (Wildman–Crippen MR) is 106 cm³/mol. The number of hydrogen-bond donors (Lipinski definition) is 1. The minimum Gasteiger partial charge on any atom is -0.444 e. The van der Waals surface area contributed by atoms with Gasteiger partial charge in [-0.3, -0.25) is 0 Å². The standard InChI is InChI=1S/C20H32N4O3/c1-5-26-15-17-9-7-6-8-16(17)14-22-18(21)23-10-12-24(13-11-23)19(25)27-20(2,3)4/h6-9H,5,10-15H2,1-4H3,(H2,21,22). The van der Waals surface area contributed by atoms with Gasteiger partial charge in [-0.05, 0) is 38.8 Å². The number of rotatable bonds is 5. The zero-order valence-electron chi connectivity index (χ0n) is 16.9. The lowest BCUT2D eigenvalue weighted by molar-refractivity contribution is 0.0186. The summed E-state index contributed by atoms with van der Waals surface area (Å²) in [7, 11) is 0. The summed E-state index contributed by atoms with van der Waals surface area (Å²) in [5.41, 5.74) is 7.94. The molecule has 0 saturated carbocycles. The Morgan fingerprint density at radius 3 is 2.30 bits per heavy atom. The molecule has 2 N–H and O–H groups in total. The van der Waals surface area contributed by atoms with Gasteiger partial charge < -0.3 is 25.0 Å². The van der Waals surface area contributed by atoms with Gasteiger partial charge in [-0.25, -0.2) is 9.79 Å². The first-order valence-corrected chi connectivity index (χ1v) is 9.47. The summed E-state index contributed by atoms with van der Waals surface area (Å²) in [5, 5.41) is 0. The topological polar surface area (TPSA) is 80.4 Å². The van der Waals surface area contributed by atoms with Crippen molar-refractivity contribution in [1.29, 1.82) is 0 Å². The molecule has 0 unspecified atom stereocenters. The average Bonchev–Trinajstić information content (AvgIpc) is 2.63. The molecule has 1 amide bonds. The highest BCUT2D eigenvalue weighted by Crippen LogP contribution is 2.13. The maximum Gasteiger partial charge on any atom is 0.410 e. The second kappa shape index (κ2) is 9.60. The van der Waals surface area contributed by atoms with Crippen LogP contribution >= 0.6 is 0 Å². The van der Waals surface area contributed by atoms with Crippen molar-refractivity contribution in [2.45, 2.75) is 46.4 Å². The first kappa shape index (κ1) is 21.0. The molecule has 0 aromatic heterocycles. The van der Waals surface area contributed by atoms with Crippen LogP contribution < -0.4 is 5.73 Å². The summed E-state index contributed by atoms with van der Waals surface area (Å²) in [6.45, 7) is 11.8. The molecule has 0 bridgehead atoms. The lowest BCUT2D eigenvalue weighted by Gasteiger charge is -2.36. The number of nitrogens with two attached hydrogens (primary N) is 1. The van der Waals surface area contributed by atoms with Crippen molar-refractivity contribution in [3.63, 3.8) is 0 Å². The van der Waals surface area contributed by atoms with E-state index in [1.807, 2.05) is 50.8 Å². The number of aliphatic imine (C=N–C) groups is 1. The number of carbonyl (C=O) groups is 1. The first-order valence-electron chi connectivity index (χ1n) is 9.47. The maximum atomic E-state index is 12.1. The normalized spacial score (nSPS) is 15.8. The van der Waals surface area contributed by atoms with E-state index in [1.165, 1.54) is 0 Å². The number of nitrogens with zero attached hydrogens (tertiary/aromatic N) is 3. The van der Waals surface area contributed by atoms with Crippen molar-refractivity contribution in [2.24, 2.45) is 10.7 Å². The van der Waals surface area contributed by atoms with E-state index < -0.39 is 5.60 Å². The minimum absolute atomic E-state index is 0.275. The number of ether oxygens (including phenoxy) is 2. The molecular weight excluding hydrogens is 344 g/mol. The number of piperazine rings is 1. The summed E-state index contributed by atoms with van der Waals surface area (Å²) in [6.07, 6.45) is -0.275. The highest BCUT2D eigenvalue weighted by atomic mass is 16.6. The van der Waals surface area contributed by atoms with Gasteiger partial charge in [0.2, 0.25) is 0 Å². The van der Waals surface area contributed by atoms with Crippen LogP contribution in [-0.2, 0) is 22.6 Å². The third-order valence-corrected chi connectivity index (χ3v) is 4.25. The molecule has 150 valence electrons. The number of carbonyl (C=O) groups excluding carboxylic acids is 1. The van der Waals surface area contributed by atoms with E-state index in [4.69, 9.17) is 15.2 Å². The predicted octanol–water partition coefficient (Wildman–Crippen LogP) is 2.59. The Bertz CT molecular complexity index is 647. The van der Waals surface area contributed by atoms with Crippen LogP contribution in [0.25, 0.3) is 0 Å². The lowest BCUT2D eigenvalue weighted by atomic mass is 10.1. The summed E-state index contributed by atoms with van der Waals surface area (Å²) in [4.78, 5) is 20.4. The van der Waals surface area contributed by atoms with E-state index in [1.54, 1.807) is 4.90 Å². The number of amides is 1. The van der Waals surface area contributed by atoms with Crippen molar-refractivity contribution in [1.82, 2.24) is 9.80 Å². The van der Waals surface area contributed by atoms with Gasteiger partial charge >= 0.3 is 6.09 Å². The second-order valence-electron chi connectivity index (χ2n) is 7.53. The van der Waals surface area contributed by atoms with Crippen LogP contribution in [0.15, 0.2) is 29.3 Å². The van der Waals surface area contributed by atoms with Crippen LogP contribution in [0.5, 0.6) is 0 Å². The van der Waals surface area contributed by atoms with Crippen molar-refractivity contribution < 1.29 is 14.3 Å². The van der Waals surface area contributed by atoms with Crippen molar-refractivity contribution in [2.75, 3.05) is 32.8 Å². The monoisotopic (exact) mass is 376 g/mol. The van der Waals surface area contributed by atoms with Gasteiger partial charge in [0.15, 0.2) is 5.96 Å². The quantitative estimate of drug-likeness (QED) is 0.631. The van der Waals surface area contributed by atoms with Gasteiger partial charge in [-0.15, -0.1) is 0 Å². The molecule has 1 heterocycles. The van der Waals surface area contributed by atoms with Crippen LogP contribution in [0, 0.1) is 0 Å². The Kier molecular flexibility index (Phi) is 7.47. The van der Waals surface area contributed by atoms with Crippen LogP contribution in [0.4, 0.5) is 4.79 Å². The van der Waals surface area contributed by atoms with Crippen molar-refractivity contribution in [3.05, 3.63) is 35.4 Å². The Balaban J connectivity index is 1.89. The molecule has 1 aliphatic heterocycles. The number of hydrogen-bond acceptors (Lipinski definition) is 4. The van der Waals surface area contributed by atoms with E-state index in [2.05, 4.69) is 11.1 Å². The van der Waals surface area contributed by atoms with Gasteiger partial charge in [0, 0.05) is 32.8 Å². The molecule has 7 nitrogen and oxygen atoms in total. The zero-order chi connectivity index (χ0) is 19.9. The molecule has 1 saturated heterocycles. The van der Waals surface area contributed by atoms with Crippen molar-refractivity contribution >= 4 is 12.1 Å². The molecule has 27 heavy (non-hydrogen) atoms. The third kappa shape index (κ3) is 6.75. The van der Waals surface area contributed by atoms with E-state index in [0.717, 1.165) is 11.1 Å². The summed E-state index contributed by atoms with van der Waals surface area (Å²) in [5.74, 6) is 0.505. The van der Waals surface area contributed by atoms with Crippen LogP contribution in [-0.4, -0.2) is 60.2 Å². The van der Waals surface area contributed by atoms with Crippen LogP contribution in [0.1, 0.15) is 38.8 Å². The fourth-order valence-corrected chi connectivity index (χ4v) is 2.78. The molecule has 1 aromatic rings. The van der Waals surface area contributed by atoms with Gasteiger partial charge in [0.1, 0.15) is 5.60 Å². The SMILES string of the molecule is CCOCc1ccccc1CN=C(N)N1CCN(C(=O)OC(C)(C)C)CC1. The molecule has 1 aromatic carbocycles. The van der Waals surface area contributed by atoms with E-state index in [-0.39, 0.29) is 6.09 Å². The molecule has 0 aliphatic carbocycles. The Hall–Kier alpha value is -2.28. The van der Waals surface area contributed by atoms with Gasteiger partial charge in [0.25, 0.3) is 0 Å². The van der Waals surface area contributed by atoms with E-state index in [0.29, 0.717) is 51.9 Å². The lowest BCUT2D eigenvalue weighted by Crippen LogP contribution is -2.53. The highest BCUT2D eigenvalue weighted by molar-refractivity contribution is 5.78. The largest absolute Gasteiger partial charge is 0.444 e. The average molecular weight is 377 g/mol. The fourth-order valence-electron chi connectivity index (χ4n) is 2.78. The van der Waals surface area contributed by atoms with E-state index in [9.17, 15) is 4.79 Å². The van der Waals surface area contributed by atoms with E-state index >= 15 is 0 Å². The smallest absolute Gasteiger partial charge is 0.410 e. The van der Waals surface area contributed by atoms with Gasteiger partial charge in [-0.2, -0.15) is 0 Å². The minimum atomic E-state index is -0.483. The molecule has 0 spiro atoms. The first-order chi connectivity index (χ1) is 12.8. The van der Waals surface area contributed by atoms with Crippen LogP contribution in [0.3, 0.4) is 0 Å². The van der Waals surface area contributed by atoms with Crippen molar-refractivity contribution in [3.8, 4) is 0 Å². The number of benzene rings is 1. The Morgan fingerprint density at radius 1 is 1.11 bits per heavy atom. The Labute approximate surface area is 162 Å². The molecule has 0 atom stereocenters. The summed E-state index contributed by atoms with van der Waals surface area (Å²) < 4.78 is 10.9. The molecule has 0 radical (unpaired) electrons.